The van der Waals surface area contributed by atoms with Crippen LogP contribution in [0.3, 0.4) is 0 Å². The molecule has 0 aromatic carbocycles. The SMILES string of the molecule is CCOC1CC(CC(=O)N(CC)CCN)C1. The first kappa shape index (κ1) is 13.5. The van der Waals surface area contributed by atoms with Crippen molar-refractivity contribution in [1.82, 2.24) is 4.90 Å². The average molecular weight is 228 g/mol. The first-order chi connectivity index (χ1) is 7.71. The molecule has 1 aliphatic carbocycles. The van der Waals surface area contributed by atoms with Crippen molar-refractivity contribution in [3.8, 4) is 0 Å². The number of nitrogens with two attached hydrogens (primary N) is 1. The van der Waals surface area contributed by atoms with Gasteiger partial charge in [0.1, 0.15) is 0 Å². The maximum atomic E-state index is 11.9. The number of likely N-dealkylation sites (N-methyl/N-ethyl adjacent to an activating group) is 1. The van der Waals surface area contributed by atoms with Crippen LogP contribution < -0.4 is 5.73 Å². The zero-order chi connectivity index (χ0) is 12.0. The molecule has 0 aromatic heterocycles. The molecule has 0 spiro atoms. The van der Waals surface area contributed by atoms with Crippen LogP contribution in [-0.2, 0) is 9.53 Å². The second-order valence-electron chi connectivity index (χ2n) is 4.38. The third-order valence-corrected chi connectivity index (χ3v) is 3.19. The Labute approximate surface area is 98.1 Å². The van der Waals surface area contributed by atoms with Crippen LogP contribution in [0.2, 0.25) is 0 Å². The van der Waals surface area contributed by atoms with E-state index in [1.54, 1.807) is 0 Å². The summed E-state index contributed by atoms with van der Waals surface area (Å²) in [6.07, 6.45) is 3.14. The lowest BCUT2D eigenvalue weighted by atomic mass is 9.79. The summed E-state index contributed by atoms with van der Waals surface area (Å²) in [4.78, 5) is 13.7. The van der Waals surface area contributed by atoms with Gasteiger partial charge in [-0.05, 0) is 32.6 Å². The summed E-state index contributed by atoms with van der Waals surface area (Å²) in [5, 5.41) is 0. The standard InChI is InChI=1S/C12H24N2O2/c1-3-14(6-5-13)12(15)9-10-7-11(8-10)16-4-2/h10-11H,3-9,13H2,1-2H3. The van der Waals surface area contributed by atoms with Crippen molar-refractivity contribution >= 4 is 5.91 Å². The monoisotopic (exact) mass is 228 g/mol. The molecule has 0 heterocycles. The molecule has 94 valence electrons. The Balaban J connectivity index is 2.20. The smallest absolute Gasteiger partial charge is 0.222 e. The van der Waals surface area contributed by atoms with Crippen LogP contribution >= 0.6 is 0 Å². The Kier molecular flexibility index (Phi) is 5.77. The van der Waals surface area contributed by atoms with Gasteiger partial charge in [0.2, 0.25) is 5.91 Å². The minimum atomic E-state index is 0.243. The van der Waals surface area contributed by atoms with Gasteiger partial charge in [0.25, 0.3) is 0 Å². The predicted octanol–water partition coefficient (Wildman–Crippen LogP) is 0.999. The molecule has 16 heavy (non-hydrogen) atoms. The fourth-order valence-corrected chi connectivity index (χ4v) is 2.20. The molecule has 1 saturated carbocycles. The third-order valence-electron chi connectivity index (χ3n) is 3.19. The Bertz CT molecular complexity index is 215. The van der Waals surface area contributed by atoms with Gasteiger partial charge in [0.05, 0.1) is 6.10 Å². The number of amides is 1. The summed E-state index contributed by atoms with van der Waals surface area (Å²) in [6.45, 7) is 6.77. The fourth-order valence-electron chi connectivity index (χ4n) is 2.20. The van der Waals surface area contributed by atoms with Crippen molar-refractivity contribution in [3.05, 3.63) is 0 Å². The van der Waals surface area contributed by atoms with Crippen molar-refractivity contribution < 1.29 is 9.53 Å². The molecular formula is C12H24N2O2. The quantitative estimate of drug-likeness (QED) is 0.707. The van der Waals surface area contributed by atoms with Crippen molar-refractivity contribution in [1.29, 1.82) is 0 Å². The molecule has 4 nitrogen and oxygen atoms in total. The first-order valence-corrected chi connectivity index (χ1v) is 6.30. The van der Waals surface area contributed by atoms with Gasteiger partial charge in [-0.3, -0.25) is 4.79 Å². The first-order valence-electron chi connectivity index (χ1n) is 6.30. The molecule has 0 saturated heterocycles. The lowest BCUT2D eigenvalue weighted by molar-refractivity contribution is -0.134. The maximum Gasteiger partial charge on any atom is 0.222 e. The van der Waals surface area contributed by atoms with Gasteiger partial charge in [-0.15, -0.1) is 0 Å². The van der Waals surface area contributed by atoms with Gasteiger partial charge in [0.15, 0.2) is 0 Å². The topological polar surface area (TPSA) is 55.6 Å². The van der Waals surface area contributed by atoms with Crippen molar-refractivity contribution in [2.24, 2.45) is 11.7 Å². The van der Waals surface area contributed by atoms with E-state index >= 15 is 0 Å². The van der Waals surface area contributed by atoms with Crippen molar-refractivity contribution in [2.45, 2.75) is 39.2 Å². The lowest BCUT2D eigenvalue weighted by Crippen LogP contribution is -2.39. The summed E-state index contributed by atoms with van der Waals surface area (Å²) >= 11 is 0. The van der Waals surface area contributed by atoms with Gasteiger partial charge in [-0.2, -0.15) is 0 Å². The fraction of sp³-hybridized carbons (Fsp3) is 0.917. The van der Waals surface area contributed by atoms with Crippen LogP contribution in [0.1, 0.15) is 33.1 Å². The highest BCUT2D eigenvalue weighted by Gasteiger charge is 2.31. The largest absolute Gasteiger partial charge is 0.378 e. The van der Waals surface area contributed by atoms with Crippen LogP contribution in [0.5, 0.6) is 0 Å². The molecule has 4 heteroatoms. The minimum absolute atomic E-state index is 0.243. The van der Waals surface area contributed by atoms with Gasteiger partial charge in [0, 0.05) is 32.7 Å². The lowest BCUT2D eigenvalue weighted by Gasteiger charge is -2.35. The number of ether oxygens (including phenoxy) is 1. The highest BCUT2D eigenvalue weighted by Crippen LogP contribution is 2.32. The van der Waals surface area contributed by atoms with E-state index in [0.717, 1.165) is 26.0 Å². The Morgan fingerprint density at radius 2 is 2.12 bits per heavy atom. The molecule has 0 unspecified atom stereocenters. The molecule has 1 aliphatic rings. The Hall–Kier alpha value is -0.610. The highest BCUT2D eigenvalue weighted by atomic mass is 16.5. The number of nitrogens with zero attached hydrogens (tertiary/aromatic N) is 1. The zero-order valence-corrected chi connectivity index (χ0v) is 10.4. The predicted molar refractivity (Wildman–Crippen MR) is 64.1 cm³/mol. The zero-order valence-electron chi connectivity index (χ0n) is 10.4. The van der Waals surface area contributed by atoms with E-state index in [9.17, 15) is 4.79 Å². The number of carbonyl (C=O) groups is 1. The van der Waals surface area contributed by atoms with Gasteiger partial charge >= 0.3 is 0 Å². The summed E-state index contributed by atoms with van der Waals surface area (Å²) in [6, 6.07) is 0. The summed E-state index contributed by atoms with van der Waals surface area (Å²) in [5.74, 6) is 0.767. The molecule has 1 rings (SSSR count). The van der Waals surface area contributed by atoms with E-state index in [0.29, 0.717) is 31.5 Å². The Morgan fingerprint density at radius 1 is 1.44 bits per heavy atom. The molecular weight excluding hydrogens is 204 g/mol. The second kappa shape index (κ2) is 6.86. The van der Waals surface area contributed by atoms with E-state index in [1.807, 2.05) is 18.7 Å². The van der Waals surface area contributed by atoms with Crippen LogP contribution in [0.4, 0.5) is 0 Å². The van der Waals surface area contributed by atoms with Gasteiger partial charge < -0.3 is 15.4 Å². The van der Waals surface area contributed by atoms with Crippen LogP contribution in [-0.4, -0.2) is 43.2 Å². The molecule has 2 N–H and O–H groups in total. The summed E-state index contributed by atoms with van der Waals surface area (Å²) < 4.78 is 5.48. The van der Waals surface area contributed by atoms with Crippen LogP contribution in [0.25, 0.3) is 0 Å². The molecule has 0 aromatic rings. The van der Waals surface area contributed by atoms with E-state index in [-0.39, 0.29) is 5.91 Å². The Morgan fingerprint density at radius 3 is 2.62 bits per heavy atom. The van der Waals surface area contributed by atoms with Gasteiger partial charge in [-0.25, -0.2) is 0 Å². The molecule has 1 fully saturated rings. The van der Waals surface area contributed by atoms with Crippen LogP contribution in [0.15, 0.2) is 0 Å². The number of hydrogen-bond donors (Lipinski definition) is 1. The van der Waals surface area contributed by atoms with E-state index in [1.165, 1.54) is 0 Å². The van der Waals surface area contributed by atoms with E-state index in [2.05, 4.69) is 0 Å². The normalized spacial score (nSPS) is 23.9. The molecule has 0 atom stereocenters. The average Bonchev–Trinajstić information content (AvgIpc) is 2.22. The number of hydrogen-bond acceptors (Lipinski definition) is 3. The third kappa shape index (κ3) is 3.76. The van der Waals surface area contributed by atoms with E-state index in [4.69, 9.17) is 10.5 Å². The summed E-state index contributed by atoms with van der Waals surface area (Å²) in [7, 11) is 0. The molecule has 0 aliphatic heterocycles. The maximum absolute atomic E-state index is 11.9. The van der Waals surface area contributed by atoms with E-state index < -0.39 is 0 Å². The molecule has 1 amide bonds. The summed E-state index contributed by atoms with van der Waals surface area (Å²) in [5.41, 5.74) is 5.47. The van der Waals surface area contributed by atoms with Crippen molar-refractivity contribution in [3.63, 3.8) is 0 Å². The molecule has 0 radical (unpaired) electrons. The van der Waals surface area contributed by atoms with Crippen LogP contribution in [0, 0.1) is 5.92 Å². The second-order valence-corrected chi connectivity index (χ2v) is 4.38. The minimum Gasteiger partial charge on any atom is -0.378 e. The molecule has 0 bridgehead atoms. The number of rotatable bonds is 7. The highest BCUT2D eigenvalue weighted by molar-refractivity contribution is 5.76. The number of carbonyl (C=O) groups excluding carboxylic acids is 1. The van der Waals surface area contributed by atoms with Gasteiger partial charge in [-0.1, -0.05) is 0 Å². The van der Waals surface area contributed by atoms with Crippen molar-refractivity contribution in [2.75, 3.05) is 26.2 Å².